The first-order chi connectivity index (χ1) is 8.22. The van der Waals surface area contributed by atoms with Crippen LogP contribution >= 0.6 is 15.9 Å². The van der Waals surface area contributed by atoms with Crippen molar-refractivity contribution in [1.29, 1.82) is 0 Å². The maximum atomic E-state index is 13.3. The van der Waals surface area contributed by atoms with E-state index in [0.717, 1.165) is 6.42 Å². The first kappa shape index (κ1) is 12.2. The summed E-state index contributed by atoms with van der Waals surface area (Å²) in [6, 6.07) is 4.67. The van der Waals surface area contributed by atoms with Crippen molar-refractivity contribution in [2.24, 2.45) is 5.73 Å². The van der Waals surface area contributed by atoms with Crippen molar-refractivity contribution in [1.82, 2.24) is 10.1 Å². The van der Waals surface area contributed by atoms with E-state index >= 15 is 0 Å². The number of aryl methyl sites for hydroxylation is 1. The lowest BCUT2D eigenvalue weighted by Gasteiger charge is -1.98. The second-order valence-electron chi connectivity index (χ2n) is 3.51. The van der Waals surface area contributed by atoms with Crippen LogP contribution in [0.3, 0.4) is 0 Å². The summed E-state index contributed by atoms with van der Waals surface area (Å²) in [5.41, 5.74) is 5.95. The topological polar surface area (TPSA) is 64.9 Å². The molecule has 0 aliphatic rings. The molecule has 1 heterocycles. The van der Waals surface area contributed by atoms with E-state index in [4.69, 9.17) is 10.3 Å². The van der Waals surface area contributed by atoms with Crippen molar-refractivity contribution in [3.63, 3.8) is 0 Å². The van der Waals surface area contributed by atoms with Gasteiger partial charge in [0.05, 0.1) is 10.0 Å². The summed E-state index contributed by atoms with van der Waals surface area (Å²) < 4.78 is 18.7. The molecular weight excluding hydrogens is 289 g/mol. The minimum absolute atomic E-state index is 0.309. The molecule has 0 spiro atoms. The van der Waals surface area contributed by atoms with E-state index in [2.05, 4.69) is 26.1 Å². The van der Waals surface area contributed by atoms with E-state index in [-0.39, 0.29) is 5.82 Å². The third-order valence-corrected chi connectivity index (χ3v) is 3.06. The van der Waals surface area contributed by atoms with Gasteiger partial charge in [-0.2, -0.15) is 4.98 Å². The van der Waals surface area contributed by atoms with E-state index in [9.17, 15) is 4.39 Å². The molecule has 0 unspecified atom stereocenters. The number of nitrogens with two attached hydrogens (primary N) is 1. The minimum Gasteiger partial charge on any atom is -0.334 e. The number of rotatable bonds is 4. The molecule has 2 N–H and O–H groups in total. The zero-order valence-corrected chi connectivity index (χ0v) is 10.6. The Hall–Kier alpha value is -1.27. The Morgan fingerprint density at radius 3 is 3.00 bits per heavy atom. The Labute approximate surface area is 106 Å². The molecule has 0 bridgehead atoms. The molecule has 0 amide bonds. The Kier molecular flexibility index (Phi) is 3.86. The third kappa shape index (κ3) is 2.70. The Morgan fingerprint density at radius 2 is 2.24 bits per heavy atom. The quantitative estimate of drug-likeness (QED) is 0.942. The summed E-state index contributed by atoms with van der Waals surface area (Å²) in [5.74, 6) is 0.536. The second kappa shape index (κ2) is 5.37. The van der Waals surface area contributed by atoms with E-state index in [0.29, 0.717) is 34.7 Å². The van der Waals surface area contributed by atoms with Crippen molar-refractivity contribution in [2.45, 2.75) is 12.8 Å². The van der Waals surface area contributed by atoms with Gasteiger partial charge in [-0.1, -0.05) is 11.2 Å². The molecule has 1 aromatic carbocycles. The van der Waals surface area contributed by atoms with Gasteiger partial charge in [0.25, 0.3) is 5.89 Å². The molecule has 0 aliphatic carbocycles. The van der Waals surface area contributed by atoms with E-state index < -0.39 is 0 Å². The van der Waals surface area contributed by atoms with E-state index in [1.807, 2.05) is 0 Å². The third-order valence-electron chi connectivity index (χ3n) is 2.25. The standard InChI is InChI=1S/C11H11BrFN3O/c12-10-7(3-1-4-8(10)13)11-15-9(16-17-11)5-2-6-14/h1,3-4H,2,5-6,14H2. The summed E-state index contributed by atoms with van der Waals surface area (Å²) in [6.07, 6.45) is 1.45. The summed E-state index contributed by atoms with van der Waals surface area (Å²) in [4.78, 5) is 4.19. The molecule has 2 aromatic rings. The molecule has 0 saturated heterocycles. The van der Waals surface area contributed by atoms with Crippen LogP contribution in [0.25, 0.3) is 11.5 Å². The van der Waals surface area contributed by atoms with Gasteiger partial charge in [-0.25, -0.2) is 4.39 Å². The highest BCUT2D eigenvalue weighted by Crippen LogP contribution is 2.28. The van der Waals surface area contributed by atoms with Gasteiger partial charge < -0.3 is 10.3 Å². The van der Waals surface area contributed by atoms with Crippen LogP contribution in [0.15, 0.2) is 27.2 Å². The Balaban J connectivity index is 2.27. The molecule has 1 aromatic heterocycles. The van der Waals surface area contributed by atoms with Crippen LogP contribution in [0.5, 0.6) is 0 Å². The molecule has 90 valence electrons. The van der Waals surface area contributed by atoms with Crippen LogP contribution < -0.4 is 5.73 Å². The number of nitrogens with zero attached hydrogens (tertiary/aromatic N) is 2. The largest absolute Gasteiger partial charge is 0.334 e. The van der Waals surface area contributed by atoms with Gasteiger partial charge in [-0.05, 0) is 41.0 Å². The highest BCUT2D eigenvalue weighted by molar-refractivity contribution is 9.10. The second-order valence-corrected chi connectivity index (χ2v) is 4.30. The highest BCUT2D eigenvalue weighted by atomic mass is 79.9. The van der Waals surface area contributed by atoms with E-state index in [1.54, 1.807) is 12.1 Å². The minimum atomic E-state index is -0.357. The maximum absolute atomic E-state index is 13.3. The fraction of sp³-hybridized carbons (Fsp3) is 0.273. The van der Waals surface area contributed by atoms with Crippen molar-refractivity contribution < 1.29 is 8.91 Å². The number of hydrogen-bond donors (Lipinski definition) is 1. The summed E-state index contributed by atoms with van der Waals surface area (Å²) >= 11 is 3.16. The number of halogens is 2. The van der Waals surface area contributed by atoms with Crippen LogP contribution in [-0.2, 0) is 6.42 Å². The molecule has 4 nitrogen and oxygen atoms in total. The summed E-state index contributed by atoms with van der Waals surface area (Å²) in [5, 5.41) is 3.82. The molecule has 0 radical (unpaired) electrons. The SMILES string of the molecule is NCCCc1noc(-c2cccc(F)c2Br)n1. The normalized spacial score (nSPS) is 10.8. The Bertz CT molecular complexity index is 515. The van der Waals surface area contributed by atoms with Crippen molar-refractivity contribution >= 4 is 15.9 Å². The lowest BCUT2D eigenvalue weighted by atomic mass is 10.2. The first-order valence-electron chi connectivity index (χ1n) is 5.19. The number of benzene rings is 1. The monoisotopic (exact) mass is 299 g/mol. The molecule has 17 heavy (non-hydrogen) atoms. The lowest BCUT2D eigenvalue weighted by Crippen LogP contribution is -2.01. The fourth-order valence-electron chi connectivity index (χ4n) is 1.39. The van der Waals surface area contributed by atoms with Gasteiger partial charge in [0, 0.05) is 6.42 Å². The zero-order chi connectivity index (χ0) is 12.3. The number of aromatic nitrogens is 2. The molecule has 0 saturated carbocycles. The molecule has 6 heteroatoms. The predicted octanol–water partition coefficient (Wildman–Crippen LogP) is 2.53. The fourth-order valence-corrected chi connectivity index (χ4v) is 1.83. The first-order valence-corrected chi connectivity index (χ1v) is 5.98. The van der Waals surface area contributed by atoms with Crippen LogP contribution in [0.2, 0.25) is 0 Å². The average molecular weight is 300 g/mol. The van der Waals surface area contributed by atoms with Crippen molar-refractivity contribution in [2.75, 3.05) is 6.54 Å². The van der Waals surface area contributed by atoms with Gasteiger partial charge in [-0.15, -0.1) is 0 Å². The average Bonchev–Trinajstić information content (AvgIpc) is 2.78. The predicted molar refractivity (Wildman–Crippen MR) is 64.8 cm³/mol. The molecular formula is C11H11BrFN3O. The number of hydrogen-bond acceptors (Lipinski definition) is 4. The van der Waals surface area contributed by atoms with Crippen LogP contribution in [0.4, 0.5) is 4.39 Å². The van der Waals surface area contributed by atoms with E-state index in [1.165, 1.54) is 6.07 Å². The van der Waals surface area contributed by atoms with Crippen LogP contribution in [0, 0.1) is 5.82 Å². The molecule has 0 atom stereocenters. The van der Waals surface area contributed by atoms with Gasteiger partial charge in [0.2, 0.25) is 0 Å². The highest BCUT2D eigenvalue weighted by Gasteiger charge is 2.13. The molecule has 0 aliphatic heterocycles. The molecule has 2 rings (SSSR count). The smallest absolute Gasteiger partial charge is 0.259 e. The lowest BCUT2D eigenvalue weighted by molar-refractivity contribution is 0.421. The molecule has 0 fully saturated rings. The van der Waals surface area contributed by atoms with Gasteiger partial charge in [0.1, 0.15) is 5.82 Å². The van der Waals surface area contributed by atoms with Crippen molar-refractivity contribution in [3.8, 4) is 11.5 Å². The zero-order valence-electron chi connectivity index (χ0n) is 8.99. The Morgan fingerprint density at radius 1 is 1.41 bits per heavy atom. The van der Waals surface area contributed by atoms with Gasteiger partial charge in [-0.3, -0.25) is 0 Å². The van der Waals surface area contributed by atoms with Gasteiger partial charge in [0.15, 0.2) is 5.82 Å². The summed E-state index contributed by atoms with van der Waals surface area (Å²) in [7, 11) is 0. The van der Waals surface area contributed by atoms with Gasteiger partial charge >= 0.3 is 0 Å². The van der Waals surface area contributed by atoms with Crippen molar-refractivity contribution in [3.05, 3.63) is 34.3 Å². The maximum Gasteiger partial charge on any atom is 0.259 e. The van der Waals surface area contributed by atoms with Crippen LogP contribution in [-0.4, -0.2) is 16.7 Å². The van der Waals surface area contributed by atoms with Crippen LogP contribution in [0.1, 0.15) is 12.2 Å². The summed E-state index contributed by atoms with van der Waals surface area (Å²) in [6.45, 7) is 0.577.